The van der Waals surface area contributed by atoms with Crippen molar-refractivity contribution in [3.8, 4) is 11.8 Å². The van der Waals surface area contributed by atoms with Crippen molar-refractivity contribution < 1.29 is 9.53 Å². The Morgan fingerprint density at radius 2 is 2.11 bits per heavy atom. The third kappa shape index (κ3) is 5.59. The number of carbonyl (C=O) groups excluding carboxylic acids is 1. The van der Waals surface area contributed by atoms with E-state index in [4.69, 9.17) is 4.74 Å². The van der Waals surface area contributed by atoms with E-state index < -0.39 is 22.9 Å². The average Bonchev–Trinajstić information content (AvgIpc) is 2.24. The van der Waals surface area contributed by atoms with Gasteiger partial charge in [-0.1, -0.05) is 11.8 Å². The Kier molecular flexibility index (Phi) is 4.53. The van der Waals surface area contributed by atoms with Crippen molar-refractivity contribution in [3.05, 3.63) is 32.6 Å². The molecule has 0 radical (unpaired) electrons. The van der Waals surface area contributed by atoms with Crippen LogP contribution in [0.4, 0.5) is 4.79 Å². The molecular formula is C12H15N3O4. The summed E-state index contributed by atoms with van der Waals surface area (Å²) < 4.78 is 5.00. The molecule has 0 unspecified atom stereocenters. The van der Waals surface area contributed by atoms with Gasteiger partial charge in [-0.2, -0.15) is 0 Å². The molecule has 0 aromatic carbocycles. The van der Waals surface area contributed by atoms with Gasteiger partial charge < -0.3 is 15.0 Å². The summed E-state index contributed by atoms with van der Waals surface area (Å²) >= 11 is 0. The Balaban J connectivity index is 2.55. The monoisotopic (exact) mass is 265 g/mol. The van der Waals surface area contributed by atoms with E-state index in [2.05, 4.69) is 22.1 Å². The largest absolute Gasteiger partial charge is 0.444 e. The van der Waals surface area contributed by atoms with Crippen molar-refractivity contribution in [2.75, 3.05) is 6.54 Å². The van der Waals surface area contributed by atoms with Gasteiger partial charge in [-0.3, -0.25) is 9.78 Å². The minimum absolute atomic E-state index is 0.0352. The predicted octanol–water partition coefficient (Wildman–Crippen LogP) is -0.0606. The summed E-state index contributed by atoms with van der Waals surface area (Å²) in [6.07, 6.45) is 0.624. The molecule has 7 heteroatoms. The lowest BCUT2D eigenvalue weighted by molar-refractivity contribution is 0.0535. The lowest BCUT2D eigenvalue weighted by Gasteiger charge is -2.18. The van der Waals surface area contributed by atoms with Gasteiger partial charge in [0.2, 0.25) is 0 Å². The number of hydrogen-bond acceptors (Lipinski definition) is 4. The Bertz CT molecular complexity index is 625. The first-order valence-electron chi connectivity index (χ1n) is 5.56. The molecule has 1 aromatic rings. The van der Waals surface area contributed by atoms with E-state index in [1.165, 1.54) is 6.20 Å². The van der Waals surface area contributed by atoms with Crippen LogP contribution in [0.15, 0.2) is 15.8 Å². The molecule has 1 amide bonds. The second-order valence-electron chi connectivity index (χ2n) is 4.64. The highest BCUT2D eigenvalue weighted by molar-refractivity contribution is 5.68. The highest BCUT2D eigenvalue weighted by atomic mass is 16.6. The van der Waals surface area contributed by atoms with Crippen LogP contribution in [0.1, 0.15) is 26.3 Å². The highest BCUT2D eigenvalue weighted by Gasteiger charge is 2.14. The first-order valence-corrected chi connectivity index (χ1v) is 5.56. The van der Waals surface area contributed by atoms with Crippen molar-refractivity contribution in [2.45, 2.75) is 26.4 Å². The summed E-state index contributed by atoms with van der Waals surface area (Å²) in [6, 6.07) is 0. The number of alkyl carbamates (subject to hydrolysis) is 1. The van der Waals surface area contributed by atoms with E-state index in [-0.39, 0.29) is 12.1 Å². The molecular weight excluding hydrogens is 250 g/mol. The summed E-state index contributed by atoms with van der Waals surface area (Å²) in [6.45, 7) is 5.28. The van der Waals surface area contributed by atoms with Crippen molar-refractivity contribution in [3.63, 3.8) is 0 Å². The third-order valence-electron chi connectivity index (χ3n) is 1.76. The fourth-order valence-electron chi connectivity index (χ4n) is 1.07. The van der Waals surface area contributed by atoms with E-state index >= 15 is 0 Å². The molecule has 0 atom stereocenters. The predicted molar refractivity (Wildman–Crippen MR) is 68.8 cm³/mol. The molecule has 1 heterocycles. The molecule has 7 nitrogen and oxygen atoms in total. The summed E-state index contributed by atoms with van der Waals surface area (Å²) in [5, 5.41) is 2.42. The molecule has 3 N–H and O–H groups in total. The van der Waals surface area contributed by atoms with Gasteiger partial charge in [0.25, 0.3) is 5.56 Å². The molecule has 0 aliphatic rings. The quantitative estimate of drug-likeness (QED) is 0.619. The third-order valence-corrected chi connectivity index (χ3v) is 1.76. The van der Waals surface area contributed by atoms with Crippen LogP contribution >= 0.6 is 0 Å². The minimum Gasteiger partial charge on any atom is -0.444 e. The lowest BCUT2D eigenvalue weighted by Crippen LogP contribution is -2.32. The van der Waals surface area contributed by atoms with Crippen molar-refractivity contribution >= 4 is 6.09 Å². The number of nitrogens with one attached hydrogen (secondary N) is 3. The van der Waals surface area contributed by atoms with Crippen LogP contribution in [0.2, 0.25) is 0 Å². The molecule has 19 heavy (non-hydrogen) atoms. The first kappa shape index (κ1) is 14.6. The van der Waals surface area contributed by atoms with Crippen molar-refractivity contribution in [1.29, 1.82) is 0 Å². The fraction of sp³-hybridized carbons (Fsp3) is 0.417. The highest BCUT2D eigenvalue weighted by Crippen LogP contribution is 2.05. The SMILES string of the molecule is CC(C)(C)OC(=O)NCC#Cc1c[nH]c(=O)[nH]c1=O. The van der Waals surface area contributed by atoms with Gasteiger partial charge in [-0.15, -0.1) is 0 Å². The van der Waals surface area contributed by atoms with Crippen LogP contribution in [-0.4, -0.2) is 28.2 Å². The van der Waals surface area contributed by atoms with Crippen LogP contribution in [0.3, 0.4) is 0 Å². The first-order chi connectivity index (χ1) is 8.78. The average molecular weight is 265 g/mol. The van der Waals surface area contributed by atoms with E-state index in [0.29, 0.717) is 0 Å². The zero-order valence-corrected chi connectivity index (χ0v) is 10.9. The maximum absolute atomic E-state index is 11.3. The van der Waals surface area contributed by atoms with E-state index in [0.717, 1.165) is 0 Å². The van der Waals surface area contributed by atoms with Crippen LogP contribution < -0.4 is 16.6 Å². The smallest absolute Gasteiger partial charge is 0.408 e. The Morgan fingerprint density at radius 1 is 1.42 bits per heavy atom. The number of rotatable bonds is 1. The maximum Gasteiger partial charge on any atom is 0.408 e. The molecule has 0 aliphatic heterocycles. The number of H-pyrrole nitrogens is 2. The molecule has 102 valence electrons. The van der Waals surface area contributed by atoms with Crippen LogP contribution in [0.5, 0.6) is 0 Å². The molecule has 0 fully saturated rings. The Morgan fingerprint density at radius 3 is 2.68 bits per heavy atom. The zero-order valence-electron chi connectivity index (χ0n) is 10.9. The van der Waals surface area contributed by atoms with Gasteiger partial charge in [0, 0.05) is 6.20 Å². The topological polar surface area (TPSA) is 104 Å². The molecule has 0 saturated heterocycles. The van der Waals surface area contributed by atoms with Crippen molar-refractivity contribution in [2.24, 2.45) is 0 Å². The van der Waals surface area contributed by atoms with Gasteiger partial charge >= 0.3 is 11.8 Å². The van der Waals surface area contributed by atoms with Gasteiger partial charge in [-0.05, 0) is 20.8 Å². The normalized spacial score (nSPS) is 10.3. The summed E-state index contributed by atoms with van der Waals surface area (Å²) in [5.74, 6) is 5.10. The molecule has 0 spiro atoms. The number of hydrogen-bond donors (Lipinski definition) is 3. The second kappa shape index (κ2) is 5.91. The van der Waals surface area contributed by atoms with Gasteiger partial charge in [0.15, 0.2) is 0 Å². The van der Waals surface area contributed by atoms with Crippen LogP contribution in [-0.2, 0) is 4.74 Å². The number of amides is 1. The molecule has 1 aromatic heterocycles. The molecule has 1 rings (SSSR count). The summed E-state index contributed by atoms with van der Waals surface area (Å²) in [5.41, 5.74) is -1.63. The van der Waals surface area contributed by atoms with Gasteiger partial charge in [0.1, 0.15) is 11.2 Å². The van der Waals surface area contributed by atoms with Gasteiger partial charge in [0.05, 0.1) is 6.54 Å². The lowest BCUT2D eigenvalue weighted by atomic mass is 10.2. The Hall–Kier alpha value is -2.49. The zero-order chi connectivity index (χ0) is 14.5. The standard InChI is InChI=1S/C12H15N3O4/c1-12(2,3)19-11(18)13-6-4-5-8-7-14-10(17)15-9(8)16/h7H,6H2,1-3H3,(H,13,18)(H2,14,15,16,17). The van der Waals surface area contributed by atoms with Crippen molar-refractivity contribution in [1.82, 2.24) is 15.3 Å². The fourth-order valence-corrected chi connectivity index (χ4v) is 1.07. The summed E-state index contributed by atoms with van der Waals surface area (Å²) in [4.78, 5) is 37.6. The van der Waals surface area contributed by atoms with Gasteiger partial charge in [-0.25, -0.2) is 9.59 Å². The number of aromatic amines is 2. The van der Waals surface area contributed by atoms with E-state index in [1.54, 1.807) is 20.8 Å². The Labute approximate surface area is 109 Å². The number of ether oxygens (including phenoxy) is 1. The second-order valence-corrected chi connectivity index (χ2v) is 4.64. The number of carbonyl (C=O) groups is 1. The van der Waals surface area contributed by atoms with Crippen LogP contribution in [0.25, 0.3) is 0 Å². The minimum atomic E-state index is -0.595. The molecule has 0 aliphatic carbocycles. The number of aromatic nitrogens is 2. The van der Waals surface area contributed by atoms with Crippen LogP contribution in [0, 0.1) is 11.8 Å². The molecule has 0 bridgehead atoms. The van der Waals surface area contributed by atoms with E-state index in [9.17, 15) is 14.4 Å². The molecule has 0 saturated carbocycles. The maximum atomic E-state index is 11.3. The summed E-state index contributed by atoms with van der Waals surface area (Å²) in [7, 11) is 0. The van der Waals surface area contributed by atoms with E-state index in [1.807, 2.05) is 4.98 Å².